The molecule has 4 heteroatoms. The lowest BCUT2D eigenvalue weighted by molar-refractivity contribution is -0.143. The van der Waals surface area contributed by atoms with Gasteiger partial charge in [0.2, 0.25) is 0 Å². The van der Waals surface area contributed by atoms with E-state index in [2.05, 4.69) is 25.7 Å². The van der Waals surface area contributed by atoms with Gasteiger partial charge in [0.1, 0.15) is 0 Å². The van der Waals surface area contributed by atoms with Gasteiger partial charge in [-0.05, 0) is 25.8 Å². The number of nitrogens with zero attached hydrogens (tertiary/aromatic N) is 1. The summed E-state index contributed by atoms with van der Waals surface area (Å²) >= 11 is 0. The predicted octanol–water partition coefficient (Wildman–Crippen LogP) is 2.77. The molecular weight excluding hydrogens is 242 g/mol. The smallest absolute Gasteiger partial charge is 0.310 e. The van der Waals surface area contributed by atoms with Crippen LogP contribution in [0.1, 0.15) is 52.9 Å². The quantitative estimate of drug-likeness (QED) is 0.700. The second-order valence-electron chi connectivity index (χ2n) is 5.52. The van der Waals surface area contributed by atoms with E-state index in [1.54, 1.807) is 0 Å². The van der Waals surface area contributed by atoms with E-state index in [-0.39, 0.29) is 12.0 Å². The topological polar surface area (TPSA) is 49.8 Å². The van der Waals surface area contributed by atoms with E-state index in [1.165, 1.54) is 0 Å². The van der Waals surface area contributed by atoms with Crippen molar-refractivity contribution < 1.29 is 14.6 Å². The highest BCUT2D eigenvalue weighted by molar-refractivity contribution is 5.71. The van der Waals surface area contributed by atoms with Crippen LogP contribution in [0.25, 0.3) is 0 Å². The summed E-state index contributed by atoms with van der Waals surface area (Å²) in [5, 5.41) is 9.34. The zero-order valence-electron chi connectivity index (χ0n) is 12.6. The summed E-state index contributed by atoms with van der Waals surface area (Å²) in [6.07, 6.45) is 5.66. The third-order valence-electron chi connectivity index (χ3n) is 3.99. The standard InChI is InChI=1S/C15H29NO3/c1-4-7-12(8-5-2)16(9-6-3)14-11-19-10-13(14)15(17)18/h12-14H,4-11H2,1-3H3,(H,17,18). The van der Waals surface area contributed by atoms with Crippen LogP contribution in [0.2, 0.25) is 0 Å². The van der Waals surface area contributed by atoms with Crippen LogP contribution in [0, 0.1) is 5.92 Å². The minimum absolute atomic E-state index is 0.0561. The summed E-state index contributed by atoms with van der Waals surface area (Å²) in [5.74, 6) is -1.07. The van der Waals surface area contributed by atoms with Crippen LogP contribution in [0.15, 0.2) is 0 Å². The molecule has 0 saturated carbocycles. The van der Waals surface area contributed by atoms with Crippen LogP contribution in [0.4, 0.5) is 0 Å². The maximum Gasteiger partial charge on any atom is 0.310 e. The predicted molar refractivity (Wildman–Crippen MR) is 76.3 cm³/mol. The summed E-state index contributed by atoms with van der Waals surface area (Å²) < 4.78 is 5.44. The van der Waals surface area contributed by atoms with Crippen LogP contribution in [0.3, 0.4) is 0 Å². The normalized spacial score (nSPS) is 23.4. The Hall–Kier alpha value is -0.610. The molecule has 112 valence electrons. The average Bonchev–Trinajstić information content (AvgIpc) is 2.85. The van der Waals surface area contributed by atoms with Gasteiger partial charge in [-0.25, -0.2) is 0 Å². The Morgan fingerprint density at radius 3 is 2.32 bits per heavy atom. The van der Waals surface area contributed by atoms with E-state index < -0.39 is 5.97 Å². The second-order valence-corrected chi connectivity index (χ2v) is 5.52. The molecule has 0 spiro atoms. The number of carbonyl (C=O) groups is 1. The number of carboxylic acid groups (broad SMARTS) is 1. The Kier molecular flexibility index (Phi) is 7.39. The Labute approximate surface area is 117 Å². The first-order chi connectivity index (χ1) is 9.15. The highest BCUT2D eigenvalue weighted by atomic mass is 16.5. The molecule has 0 radical (unpaired) electrons. The van der Waals surface area contributed by atoms with Crippen molar-refractivity contribution in [2.24, 2.45) is 5.92 Å². The molecule has 1 fully saturated rings. The number of carboxylic acids is 1. The first-order valence-corrected chi connectivity index (χ1v) is 7.71. The van der Waals surface area contributed by atoms with E-state index in [0.29, 0.717) is 19.3 Å². The lowest BCUT2D eigenvalue weighted by atomic mass is 9.96. The molecule has 1 N–H and O–H groups in total. The molecule has 1 heterocycles. The fourth-order valence-corrected chi connectivity index (χ4v) is 3.13. The number of ether oxygens (including phenoxy) is 1. The Morgan fingerprint density at radius 2 is 1.84 bits per heavy atom. The molecule has 1 aliphatic heterocycles. The van der Waals surface area contributed by atoms with Gasteiger partial charge in [-0.2, -0.15) is 0 Å². The molecule has 4 nitrogen and oxygen atoms in total. The van der Waals surface area contributed by atoms with Gasteiger partial charge < -0.3 is 9.84 Å². The monoisotopic (exact) mass is 271 g/mol. The van der Waals surface area contributed by atoms with E-state index in [9.17, 15) is 9.90 Å². The van der Waals surface area contributed by atoms with Crippen molar-refractivity contribution in [1.82, 2.24) is 4.90 Å². The summed E-state index contributed by atoms with van der Waals surface area (Å²) in [7, 11) is 0. The molecule has 0 aliphatic carbocycles. The van der Waals surface area contributed by atoms with Gasteiger partial charge in [0.05, 0.1) is 19.1 Å². The van der Waals surface area contributed by atoms with Gasteiger partial charge in [-0.15, -0.1) is 0 Å². The first kappa shape index (κ1) is 16.4. The Morgan fingerprint density at radius 1 is 1.21 bits per heavy atom. The molecule has 0 aromatic rings. The SMILES string of the molecule is CCCC(CCC)N(CCC)C1COCC1C(=O)O. The third kappa shape index (κ3) is 4.46. The molecule has 1 aliphatic rings. The zero-order valence-corrected chi connectivity index (χ0v) is 12.6. The molecule has 0 bridgehead atoms. The molecule has 1 saturated heterocycles. The highest BCUT2D eigenvalue weighted by Crippen LogP contribution is 2.26. The van der Waals surface area contributed by atoms with Crippen molar-refractivity contribution in [3.05, 3.63) is 0 Å². The van der Waals surface area contributed by atoms with Crippen molar-refractivity contribution in [2.45, 2.75) is 65.0 Å². The van der Waals surface area contributed by atoms with Crippen LogP contribution in [0.5, 0.6) is 0 Å². The fourth-order valence-electron chi connectivity index (χ4n) is 3.13. The maximum absolute atomic E-state index is 11.4. The summed E-state index contributed by atoms with van der Waals surface area (Å²) in [6, 6.07) is 0.559. The first-order valence-electron chi connectivity index (χ1n) is 7.71. The lowest BCUT2D eigenvalue weighted by Crippen LogP contribution is -2.49. The lowest BCUT2D eigenvalue weighted by Gasteiger charge is -2.37. The van der Waals surface area contributed by atoms with Crippen molar-refractivity contribution in [3.8, 4) is 0 Å². The summed E-state index contributed by atoms with van der Waals surface area (Å²) in [5.41, 5.74) is 0. The number of hydrogen-bond acceptors (Lipinski definition) is 3. The molecular formula is C15H29NO3. The largest absolute Gasteiger partial charge is 0.481 e. The van der Waals surface area contributed by atoms with Gasteiger partial charge in [-0.1, -0.05) is 33.6 Å². The highest BCUT2D eigenvalue weighted by Gasteiger charge is 2.39. The van der Waals surface area contributed by atoms with Crippen molar-refractivity contribution in [1.29, 1.82) is 0 Å². The van der Waals surface area contributed by atoms with Gasteiger partial charge in [0, 0.05) is 12.1 Å². The van der Waals surface area contributed by atoms with E-state index >= 15 is 0 Å². The fraction of sp³-hybridized carbons (Fsp3) is 0.933. The maximum atomic E-state index is 11.4. The van der Waals surface area contributed by atoms with Gasteiger partial charge >= 0.3 is 5.97 Å². The van der Waals surface area contributed by atoms with Crippen LogP contribution < -0.4 is 0 Å². The van der Waals surface area contributed by atoms with Crippen LogP contribution in [-0.2, 0) is 9.53 Å². The molecule has 2 unspecified atom stereocenters. The van der Waals surface area contributed by atoms with Crippen molar-refractivity contribution >= 4 is 5.97 Å². The van der Waals surface area contributed by atoms with Gasteiger partial charge in [0.25, 0.3) is 0 Å². The van der Waals surface area contributed by atoms with E-state index in [0.717, 1.165) is 38.6 Å². The second kappa shape index (κ2) is 8.54. The molecule has 0 aromatic heterocycles. The van der Waals surface area contributed by atoms with Crippen molar-refractivity contribution in [2.75, 3.05) is 19.8 Å². The average molecular weight is 271 g/mol. The zero-order chi connectivity index (χ0) is 14.3. The molecule has 0 aromatic carbocycles. The Bertz CT molecular complexity index is 264. The number of aliphatic carboxylic acids is 1. The van der Waals surface area contributed by atoms with Crippen molar-refractivity contribution in [3.63, 3.8) is 0 Å². The minimum Gasteiger partial charge on any atom is -0.481 e. The molecule has 19 heavy (non-hydrogen) atoms. The van der Waals surface area contributed by atoms with Crippen LogP contribution >= 0.6 is 0 Å². The summed E-state index contributed by atoms with van der Waals surface area (Å²) in [4.78, 5) is 13.8. The van der Waals surface area contributed by atoms with Crippen LogP contribution in [-0.4, -0.2) is 47.8 Å². The third-order valence-corrected chi connectivity index (χ3v) is 3.99. The Balaban J connectivity index is 2.80. The molecule has 1 rings (SSSR count). The van der Waals surface area contributed by atoms with Gasteiger partial charge in [-0.3, -0.25) is 9.69 Å². The van der Waals surface area contributed by atoms with E-state index in [1.807, 2.05) is 0 Å². The number of rotatable bonds is 9. The summed E-state index contributed by atoms with van der Waals surface area (Å²) in [6.45, 7) is 8.47. The molecule has 2 atom stereocenters. The number of hydrogen-bond donors (Lipinski definition) is 1. The van der Waals surface area contributed by atoms with E-state index in [4.69, 9.17) is 4.74 Å². The minimum atomic E-state index is -0.713. The van der Waals surface area contributed by atoms with Gasteiger partial charge in [0.15, 0.2) is 0 Å². The molecule has 0 amide bonds.